The molecule has 0 saturated heterocycles. The molecular formula is C33H52N4O4. The molecule has 0 spiro atoms. The van der Waals surface area contributed by atoms with E-state index in [2.05, 4.69) is 48.6 Å². The molecular weight excluding hydrogens is 516 g/mol. The molecule has 0 aliphatic rings. The molecule has 0 bridgehead atoms. The summed E-state index contributed by atoms with van der Waals surface area (Å²) < 4.78 is 11.5. The second-order valence-electron chi connectivity index (χ2n) is 11.0. The first kappa shape index (κ1) is 34.1. The first-order chi connectivity index (χ1) is 19.8. The average Bonchev–Trinajstić information content (AvgIpc) is 2.96. The Morgan fingerprint density at radius 1 is 0.537 bits per heavy atom. The van der Waals surface area contributed by atoms with Gasteiger partial charge in [0.2, 0.25) is 0 Å². The molecule has 2 amide bonds. The minimum atomic E-state index is -0.0511. The van der Waals surface area contributed by atoms with Crippen molar-refractivity contribution >= 4 is 11.8 Å². The van der Waals surface area contributed by atoms with Crippen molar-refractivity contribution in [1.29, 1.82) is 0 Å². The van der Waals surface area contributed by atoms with Gasteiger partial charge in [-0.15, -0.1) is 0 Å². The number of nitrogens with zero attached hydrogens (tertiary/aromatic N) is 2. The number of rotatable bonds is 22. The summed E-state index contributed by atoms with van der Waals surface area (Å²) in [7, 11) is 8.29. The molecule has 2 N–H and O–H groups in total. The third kappa shape index (κ3) is 16.1. The van der Waals surface area contributed by atoms with E-state index in [0.717, 1.165) is 82.4 Å². The van der Waals surface area contributed by atoms with E-state index in [4.69, 9.17) is 9.47 Å². The molecule has 0 fully saturated rings. The average molecular weight is 569 g/mol. The van der Waals surface area contributed by atoms with Crippen LogP contribution in [0.25, 0.3) is 0 Å². The zero-order valence-corrected chi connectivity index (χ0v) is 25.8. The molecule has 41 heavy (non-hydrogen) atoms. The van der Waals surface area contributed by atoms with Crippen LogP contribution < -0.4 is 20.1 Å². The molecule has 0 aliphatic heterocycles. The minimum Gasteiger partial charge on any atom is -0.494 e. The zero-order chi connectivity index (χ0) is 29.7. The number of benzene rings is 2. The summed E-state index contributed by atoms with van der Waals surface area (Å²) in [4.78, 5) is 29.1. The summed E-state index contributed by atoms with van der Waals surface area (Å²) >= 11 is 0. The van der Waals surface area contributed by atoms with Crippen molar-refractivity contribution in [2.75, 3.05) is 67.6 Å². The standard InChI is InChI=1S/C33H52N4O4/c1-36(2)24-10-12-26-40-30-18-14-28(15-19-30)32(38)34-22-8-6-5-7-9-23-35-33(39)29-16-20-31(21-17-29)41-27-13-11-25-37(3)4/h14-21H,5-13,22-27H2,1-4H3,(H,34,38)(H,35,39). The van der Waals surface area contributed by atoms with Crippen molar-refractivity contribution in [3.8, 4) is 11.5 Å². The number of hydrogen-bond acceptors (Lipinski definition) is 6. The fourth-order valence-corrected chi connectivity index (χ4v) is 4.23. The van der Waals surface area contributed by atoms with Gasteiger partial charge >= 0.3 is 0 Å². The molecule has 2 aromatic rings. The van der Waals surface area contributed by atoms with Gasteiger partial charge in [0.15, 0.2) is 0 Å². The molecule has 2 aromatic carbocycles. The van der Waals surface area contributed by atoms with Crippen LogP contribution in [0.3, 0.4) is 0 Å². The van der Waals surface area contributed by atoms with E-state index in [1.165, 1.54) is 0 Å². The number of nitrogens with one attached hydrogen (secondary N) is 2. The van der Waals surface area contributed by atoms with E-state index >= 15 is 0 Å². The summed E-state index contributed by atoms with van der Waals surface area (Å²) in [6, 6.07) is 14.7. The highest BCUT2D eigenvalue weighted by atomic mass is 16.5. The minimum absolute atomic E-state index is 0.0511. The molecule has 0 radical (unpaired) electrons. The van der Waals surface area contributed by atoms with Crippen molar-refractivity contribution in [3.63, 3.8) is 0 Å². The highest BCUT2D eigenvalue weighted by molar-refractivity contribution is 5.94. The van der Waals surface area contributed by atoms with Gasteiger partial charge in [-0.2, -0.15) is 0 Å². The van der Waals surface area contributed by atoms with Gasteiger partial charge in [-0.25, -0.2) is 0 Å². The lowest BCUT2D eigenvalue weighted by Crippen LogP contribution is -2.24. The van der Waals surface area contributed by atoms with Crippen molar-refractivity contribution in [3.05, 3.63) is 59.7 Å². The van der Waals surface area contributed by atoms with Crippen molar-refractivity contribution in [1.82, 2.24) is 20.4 Å². The molecule has 2 rings (SSSR count). The van der Waals surface area contributed by atoms with Gasteiger partial charge in [-0.3, -0.25) is 9.59 Å². The number of unbranched alkanes of at least 4 members (excludes halogenated alkanes) is 6. The molecule has 0 aromatic heterocycles. The second kappa shape index (κ2) is 20.7. The number of hydrogen-bond donors (Lipinski definition) is 2. The first-order valence-electron chi connectivity index (χ1n) is 15.2. The van der Waals surface area contributed by atoms with E-state index in [0.29, 0.717) is 37.4 Å². The van der Waals surface area contributed by atoms with Crippen LogP contribution in [0.1, 0.15) is 78.5 Å². The number of amides is 2. The van der Waals surface area contributed by atoms with Crippen molar-refractivity contribution in [2.24, 2.45) is 0 Å². The Labute approximate surface area is 247 Å². The lowest BCUT2D eigenvalue weighted by molar-refractivity contribution is 0.0945. The van der Waals surface area contributed by atoms with Crippen LogP contribution in [0.5, 0.6) is 11.5 Å². The number of carbonyl (C=O) groups excluding carboxylic acids is 2. The summed E-state index contributed by atoms with van der Waals surface area (Å²) in [5.41, 5.74) is 1.30. The van der Waals surface area contributed by atoms with Gasteiger partial charge in [0.1, 0.15) is 11.5 Å². The lowest BCUT2D eigenvalue weighted by Gasteiger charge is -2.10. The van der Waals surface area contributed by atoms with E-state index in [9.17, 15) is 9.59 Å². The second-order valence-corrected chi connectivity index (χ2v) is 11.0. The topological polar surface area (TPSA) is 83.1 Å². The maximum atomic E-state index is 12.4. The molecule has 8 nitrogen and oxygen atoms in total. The quantitative estimate of drug-likeness (QED) is 0.189. The van der Waals surface area contributed by atoms with Crippen molar-refractivity contribution in [2.45, 2.75) is 57.8 Å². The Balaban J connectivity index is 1.47. The molecule has 0 heterocycles. The predicted octanol–water partition coefficient (Wildman–Crippen LogP) is 5.24. The van der Waals surface area contributed by atoms with Gasteiger partial charge in [-0.1, -0.05) is 19.3 Å². The molecule has 0 saturated carbocycles. The highest BCUT2D eigenvalue weighted by Crippen LogP contribution is 2.14. The summed E-state index contributed by atoms with van der Waals surface area (Å²) in [5, 5.41) is 5.99. The van der Waals surface area contributed by atoms with E-state index in [-0.39, 0.29) is 11.8 Å². The van der Waals surface area contributed by atoms with Crippen LogP contribution in [0.2, 0.25) is 0 Å². The fourth-order valence-electron chi connectivity index (χ4n) is 4.23. The van der Waals surface area contributed by atoms with Gasteiger partial charge in [-0.05, 0) is 128 Å². The van der Waals surface area contributed by atoms with Crippen LogP contribution in [0, 0.1) is 0 Å². The zero-order valence-electron chi connectivity index (χ0n) is 25.8. The fraction of sp³-hybridized carbons (Fsp3) is 0.576. The van der Waals surface area contributed by atoms with Crippen LogP contribution in [-0.2, 0) is 0 Å². The third-order valence-electron chi connectivity index (χ3n) is 6.69. The maximum absolute atomic E-state index is 12.4. The van der Waals surface area contributed by atoms with Gasteiger partial charge in [0.05, 0.1) is 13.2 Å². The predicted molar refractivity (Wildman–Crippen MR) is 167 cm³/mol. The molecule has 8 heteroatoms. The van der Waals surface area contributed by atoms with E-state index in [1.54, 1.807) is 0 Å². The third-order valence-corrected chi connectivity index (χ3v) is 6.69. The van der Waals surface area contributed by atoms with Gasteiger partial charge in [0, 0.05) is 24.2 Å². The normalized spacial score (nSPS) is 11.1. The Morgan fingerprint density at radius 3 is 1.27 bits per heavy atom. The van der Waals surface area contributed by atoms with Crippen LogP contribution in [-0.4, -0.2) is 89.2 Å². The SMILES string of the molecule is CN(C)CCCCOc1ccc(C(=O)NCCCCCCCNC(=O)c2ccc(OCCCCN(C)C)cc2)cc1. The number of carbonyl (C=O) groups is 2. The van der Waals surface area contributed by atoms with E-state index < -0.39 is 0 Å². The molecule has 228 valence electrons. The lowest BCUT2D eigenvalue weighted by atomic mass is 10.1. The van der Waals surface area contributed by atoms with Crippen LogP contribution in [0.4, 0.5) is 0 Å². The number of ether oxygens (including phenoxy) is 2. The molecule has 0 aliphatic carbocycles. The Hall–Kier alpha value is -3.10. The summed E-state index contributed by atoms with van der Waals surface area (Å²) in [6.45, 7) is 4.82. The maximum Gasteiger partial charge on any atom is 0.251 e. The molecule has 0 atom stereocenters. The largest absolute Gasteiger partial charge is 0.494 e. The van der Waals surface area contributed by atoms with Crippen LogP contribution in [0.15, 0.2) is 48.5 Å². The molecule has 0 unspecified atom stereocenters. The smallest absolute Gasteiger partial charge is 0.251 e. The van der Waals surface area contributed by atoms with Crippen LogP contribution >= 0.6 is 0 Å². The van der Waals surface area contributed by atoms with Gasteiger partial charge in [0.25, 0.3) is 11.8 Å². The highest BCUT2D eigenvalue weighted by Gasteiger charge is 2.07. The summed E-state index contributed by atoms with van der Waals surface area (Å²) in [5.74, 6) is 1.49. The monoisotopic (exact) mass is 568 g/mol. The van der Waals surface area contributed by atoms with Gasteiger partial charge < -0.3 is 29.9 Å². The first-order valence-corrected chi connectivity index (χ1v) is 15.2. The summed E-state index contributed by atoms with van der Waals surface area (Å²) in [6.07, 6.45) is 9.29. The Bertz CT molecular complexity index is 898. The Morgan fingerprint density at radius 2 is 0.902 bits per heavy atom. The van der Waals surface area contributed by atoms with E-state index in [1.807, 2.05) is 48.5 Å². The Kier molecular flexibility index (Phi) is 17.2. The van der Waals surface area contributed by atoms with Crippen molar-refractivity contribution < 1.29 is 19.1 Å².